The van der Waals surface area contributed by atoms with Crippen molar-refractivity contribution in [2.45, 2.75) is 0 Å². The second-order valence-corrected chi connectivity index (χ2v) is 8.49. The molecular formula is C20H19ClN2O3S. The number of anilines is 1. The number of carbonyl (C=O) groups excluding carboxylic acids is 1. The average Bonchev–Trinajstić information content (AvgIpc) is 2.63. The van der Waals surface area contributed by atoms with Crippen molar-refractivity contribution in [3.8, 4) is 0 Å². The van der Waals surface area contributed by atoms with Gasteiger partial charge in [0.2, 0.25) is 0 Å². The molecule has 27 heavy (non-hydrogen) atoms. The zero-order valence-electron chi connectivity index (χ0n) is 15.0. The van der Waals surface area contributed by atoms with Crippen LogP contribution in [0.25, 0.3) is 5.57 Å². The lowest BCUT2D eigenvalue weighted by molar-refractivity contribution is -0.123. The Morgan fingerprint density at radius 2 is 1.85 bits per heavy atom. The molecular weight excluding hydrogens is 384 g/mol. The van der Waals surface area contributed by atoms with Gasteiger partial charge < -0.3 is 4.90 Å². The van der Waals surface area contributed by atoms with Crippen molar-refractivity contribution < 1.29 is 13.2 Å². The molecule has 1 aliphatic rings. The van der Waals surface area contributed by atoms with Gasteiger partial charge in [-0.2, -0.15) is 0 Å². The molecule has 2 aromatic rings. The molecule has 0 saturated carbocycles. The summed E-state index contributed by atoms with van der Waals surface area (Å²) in [6, 6.07) is 14.0. The van der Waals surface area contributed by atoms with Gasteiger partial charge in [-0.3, -0.25) is 9.10 Å². The van der Waals surface area contributed by atoms with Gasteiger partial charge in [-0.1, -0.05) is 48.0 Å². The lowest BCUT2D eigenvalue weighted by atomic mass is 9.95. The minimum atomic E-state index is -4.09. The zero-order chi connectivity index (χ0) is 19.8. The number of benzene rings is 2. The lowest BCUT2D eigenvalue weighted by Gasteiger charge is -2.33. The van der Waals surface area contributed by atoms with Crippen molar-refractivity contribution in [3.05, 3.63) is 82.2 Å². The average molecular weight is 403 g/mol. The second-order valence-electron chi connectivity index (χ2n) is 6.26. The first-order valence-corrected chi connectivity index (χ1v) is 10.1. The highest BCUT2D eigenvalue weighted by Gasteiger charge is 2.41. The molecule has 0 N–H and O–H groups in total. The third-order valence-electron chi connectivity index (χ3n) is 4.23. The van der Waals surface area contributed by atoms with E-state index in [0.717, 1.165) is 0 Å². The van der Waals surface area contributed by atoms with Crippen molar-refractivity contribution in [1.82, 2.24) is 4.90 Å². The number of rotatable bonds is 4. The van der Waals surface area contributed by atoms with E-state index in [1.165, 1.54) is 29.4 Å². The van der Waals surface area contributed by atoms with Gasteiger partial charge in [0.25, 0.3) is 15.9 Å². The Labute approximate surface area is 164 Å². The molecule has 0 unspecified atom stereocenters. The van der Waals surface area contributed by atoms with E-state index in [1.807, 2.05) is 6.07 Å². The summed E-state index contributed by atoms with van der Waals surface area (Å²) in [5.41, 5.74) is 2.05. The largest absolute Gasteiger partial charge is 0.344 e. The highest BCUT2D eigenvalue weighted by atomic mass is 35.5. The monoisotopic (exact) mass is 402 g/mol. The third kappa shape index (κ3) is 3.26. The highest BCUT2D eigenvalue weighted by Crippen LogP contribution is 2.44. The fraction of sp³-hybridized carbons (Fsp3) is 0.150. The van der Waals surface area contributed by atoms with Crippen molar-refractivity contribution in [3.63, 3.8) is 0 Å². The molecule has 0 bridgehead atoms. The van der Waals surface area contributed by atoms with Crippen LogP contribution in [0.3, 0.4) is 0 Å². The molecule has 1 amide bonds. The number of likely N-dealkylation sites (N-methyl/N-ethyl adjacent to an activating group) is 1. The molecule has 1 aliphatic heterocycles. The van der Waals surface area contributed by atoms with Crippen LogP contribution in [0.1, 0.15) is 11.1 Å². The summed E-state index contributed by atoms with van der Waals surface area (Å²) in [5.74, 6) is -0.589. The topological polar surface area (TPSA) is 57.7 Å². The van der Waals surface area contributed by atoms with Gasteiger partial charge in [-0.15, -0.1) is 6.58 Å². The minimum absolute atomic E-state index is 0.0449. The van der Waals surface area contributed by atoms with Crippen LogP contribution in [0.5, 0.6) is 0 Å². The van der Waals surface area contributed by atoms with Crippen LogP contribution in [-0.4, -0.2) is 39.9 Å². The first-order valence-electron chi connectivity index (χ1n) is 8.24. The normalized spacial score (nSPS) is 15.3. The van der Waals surface area contributed by atoms with E-state index in [0.29, 0.717) is 27.4 Å². The molecule has 1 heterocycles. The maximum atomic E-state index is 13.4. The number of nitrogens with zero attached hydrogens (tertiary/aromatic N) is 2. The molecule has 7 heteroatoms. The molecule has 0 aromatic heterocycles. The van der Waals surface area contributed by atoms with Gasteiger partial charge in [0.15, 0.2) is 4.91 Å². The van der Waals surface area contributed by atoms with Crippen LogP contribution in [-0.2, 0) is 14.8 Å². The Bertz CT molecular complexity index is 1040. The number of fused-ring (bicyclic) bond motifs is 1. The molecule has 2 aromatic carbocycles. The maximum absolute atomic E-state index is 13.4. The van der Waals surface area contributed by atoms with Crippen LogP contribution in [0.2, 0.25) is 5.02 Å². The Morgan fingerprint density at radius 3 is 2.44 bits per heavy atom. The van der Waals surface area contributed by atoms with E-state index in [4.69, 9.17) is 11.6 Å². The lowest BCUT2D eigenvalue weighted by Crippen LogP contribution is -2.41. The third-order valence-corrected chi connectivity index (χ3v) is 6.29. The van der Waals surface area contributed by atoms with Gasteiger partial charge in [-0.05, 0) is 23.8 Å². The van der Waals surface area contributed by atoms with E-state index in [1.54, 1.807) is 42.5 Å². The van der Waals surface area contributed by atoms with Gasteiger partial charge in [0.05, 0.1) is 12.2 Å². The summed E-state index contributed by atoms with van der Waals surface area (Å²) in [6.45, 7) is 3.69. The summed E-state index contributed by atoms with van der Waals surface area (Å²) in [5, 5.41) is 0.455. The van der Waals surface area contributed by atoms with Crippen LogP contribution in [0, 0.1) is 0 Å². The number of carbonyl (C=O) groups is 1. The summed E-state index contributed by atoms with van der Waals surface area (Å²) in [4.78, 5) is 13.9. The number of hydrogen-bond acceptors (Lipinski definition) is 3. The summed E-state index contributed by atoms with van der Waals surface area (Å²) in [6.07, 6.45) is 1.49. The molecule has 0 aliphatic carbocycles. The number of amides is 1. The van der Waals surface area contributed by atoms with Gasteiger partial charge in [0, 0.05) is 30.3 Å². The molecule has 0 saturated heterocycles. The van der Waals surface area contributed by atoms with Crippen molar-refractivity contribution in [2.24, 2.45) is 0 Å². The summed E-state index contributed by atoms with van der Waals surface area (Å²) < 4.78 is 28.0. The van der Waals surface area contributed by atoms with E-state index in [2.05, 4.69) is 6.58 Å². The Hall–Kier alpha value is -2.57. The van der Waals surface area contributed by atoms with Crippen LogP contribution in [0.4, 0.5) is 5.69 Å². The maximum Gasteiger partial charge on any atom is 0.270 e. The predicted octanol–water partition coefficient (Wildman–Crippen LogP) is 3.52. The SMILES string of the molecule is C=CCN1c2ccc(Cl)cc2C(c2ccccc2)=C(C(=O)N(C)C)S1(=O)=O. The van der Waals surface area contributed by atoms with Crippen LogP contribution < -0.4 is 4.31 Å². The van der Waals surface area contributed by atoms with E-state index >= 15 is 0 Å². The van der Waals surface area contributed by atoms with Gasteiger partial charge in [-0.25, -0.2) is 8.42 Å². The van der Waals surface area contributed by atoms with Gasteiger partial charge in [0.1, 0.15) is 0 Å². The van der Waals surface area contributed by atoms with E-state index < -0.39 is 15.9 Å². The molecule has 0 radical (unpaired) electrons. The fourth-order valence-corrected chi connectivity index (χ4v) is 5.04. The van der Waals surface area contributed by atoms with E-state index in [-0.39, 0.29) is 11.4 Å². The molecule has 5 nitrogen and oxygen atoms in total. The van der Waals surface area contributed by atoms with Gasteiger partial charge >= 0.3 is 0 Å². The standard InChI is InChI=1S/C20H19ClN2O3S/c1-4-12-23-17-11-10-15(21)13-16(17)18(14-8-6-5-7-9-14)19(27(23,25)26)20(24)22(2)3/h4-11,13H,1,12H2,2-3H3. The number of hydrogen-bond donors (Lipinski definition) is 0. The molecule has 0 fully saturated rings. The molecule has 0 spiro atoms. The Morgan fingerprint density at radius 1 is 1.19 bits per heavy atom. The second kappa shape index (κ2) is 7.21. The number of sulfonamides is 1. The molecule has 3 rings (SSSR count). The minimum Gasteiger partial charge on any atom is -0.344 e. The molecule has 0 atom stereocenters. The quantitative estimate of drug-likeness (QED) is 0.735. The summed E-state index contributed by atoms with van der Waals surface area (Å²) >= 11 is 6.21. The summed E-state index contributed by atoms with van der Waals surface area (Å²) in [7, 11) is -1.03. The van der Waals surface area contributed by atoms with Crippen molar-refractivity contribution in [1.29, 1.82) is 0 Å². The highest BCUT2D eigenvalue weighted by molar-refractivity contribution is 7.97. The number of halogens is 1. The fourth-order valence-electron chi connectivity index (χ4n) is 3.04. The zero-order valence-corrected chi connectivity index (χ0v) is 16.6. The van der Waals surface area contributed by atoms with Crippen molar-refractivity contribution in [2.75, 3.05) is 24.9 Å². The van der Waals surface area contributed by atoms with E-state index in [9.17, 15) is 13.2 Å². The smallest absolute Gasteiger partial charge is 0.270 e. The van der Waals surface area contributed by atoms with Crippen molar-refractivity contribution >= 4 is 38.8 Å². The predicted molar refractivity (Wildman–Crippen MR) is 109 cm³/mol. The Kier molecular flexibility index (Phi) is 5.13. The molecule has 140 valence electrons. The Balaban J connectivity index is 2.48. The first kappa shape index (κ1) is 19.2. The first-order chi connectivity index (χ1) is 12.8. The van der Waals surface area contributed by atoms with Crippen LogP contribution >= 0.6 is 11.6 Å². The van der Waals surface area contributed by atoms with Crippen LogP contribution in [0.15, 0.2) is 66.1 Å².